The third kappa shape index (κ3) is 6.37. The van der Waals surface area contributed by atoms with Gasteiger partial charge in [-0.3, -0.25) is 4.90 Å². The first-order chi connectivity index (χ1) is 18.2. The molecule has 1 aromatic carbocycles. The zero-order valence-electron chi connectivity index (χ0n) is 22.1. The molecule has 8 nitrogen and oxygen atoms in total. The van der Waals surface area contributed by atoms with E-state index in [0.717, 1.165) is 87.5 Å². The van der Waals surface area contributed by atoms with Gasteiger partial charge in [0.25, 0.3) is 0 Å². The number of pyridine rings is 1. The number of nitrogens with zero attached hydrogens (tertiary/aromatic N) is 4. The predicted octanol–water partition coefficient (Wildman–Crippen LogP) is 4.58. The van der Waals surface area contributed by atoms with E-state index in [0.29, 0.717) is 19.3 Å². The molecule has 5 rings (SSSR count). The van der Waals surface area contributed by atoms with Crippen molar-refractivity contribution in [2.75, 3.05) is 62.8 Å². The summed E-state index contributed by atoms with van der Waals surface area (Å²) in [7, 11) is 0. The normalized spacial score (nSPS) is 17.1. The number of morpholine rings is 1. The highest BCUT2D eigenvalue weighted by Gasteiger charge is 2.22. The van der Waals surface area contributed by atoms with Crippen molar-refractivity contribution in [3.8, 4) is 17.2 Å². The molecular weight excluding hydrogens is 466 g/mol. The van der Waals surface area contributed by atoms with Crippen LogP contribution < -0.4 is 19.7 Å². The van der Waals surface area contributed by atoms with Gasteiger partial charge in [0, 0.05) is 51.2 Å². The summed E-state index contributed by atoms with van der Waals surface area (Å²) in [5.74, 6) is 2.76. The van der Waals surface area contributed by atoms with Crippen LogP contribution in [0.2, 0.25) is 0 Å². The van der Waals surface area contributed by atoms with Crippen molar-refractivity contribution in [1.29, 1.82) is 0 Å². The van der Waals surface area contributed by atoms with E-state index in [1.807, 2.05) is 44.6 Å². The van der Waals surface area contributed by atoms with Gasteiger partial charge in [-0.25, -0.2) is 4.98 Å². The van der Waals surface area contributed by atoms with Crippen molar-refractivity contribution in [2.24, 2.45) is 0 Å². The summed E-state index contributed by atoms with van der Waals surface area (Å²) in [6, 6.07) is 13.1. The fraction of sp³-hybridized carbons (Fsp3) is 0.483. The molecule has 1 N–H and O–H groups in total. The van der Waals surface area contributed by atoms with Crippen LogP contribution >= 0.6 is 0 Å². The summed E-state index contributed by atoms with van der Waals surface area (Å²) in [5, 5.41) is 3.70. The van der Waals surface area contributed by atoms with Crippen molar-refractivity contribution < 1.29 is 14.2 Å². The Hall–Kier alpha value is -3.23. The van der Waals surface area contributed by atoms with Gasteiger partial charge in [-0.05, 0) is 68.7 Å². The van der Waals surface area contributed by atoms with Crippen LogP contribution in [0.5, 0.6) is 11.5 Å². The number of benzene rings is 1. The van der Waals surface area contributed by atoms with Gasteiger partial charge in [0.1, 0.15) is 23.0 Å². The zero-order valence-corrected chi connectivity index (χ0v) is 22.1. The Kier molecular flexibility index (Phi) is 8.48. The fourth-order valence-electron chi connectivity index (χ4n) is 5.18. The molecule has 0 atom stereocenters. The van der Waals surface area contributed by atoms with Gasteiger partial charge in [-0.2, -0.15) is 0 Å². The first kappa shape index (κ1) is 25.4. The third-order valence-corrected chi connectivity index (χ3v) is 7.01. The van der Waals surface area contributed by atoms with Crippen LogP contribution in [-0.4, -0.2) is 73.1 Å². The van der Waals surface area contributed by atoms with Crippen LogP contribution in [-0.2, 0) is 11.3 Å². The second kappa shape index (κ2) is 12.3. The van der Waals surface area contributed by atoms with E-state index >= 15 is 0 Å². The van der Waals surface area contributed by atoms with E-state index in [1.165, 1.54) is 5.56 Å². The summed E-state index contributed by atoms with van der Waals surface area (Å²) in [4.78, 5) is 9.49. The number of nitrogens with one attached hydrogen (secondary N) is 1. The topological polar surface area (TPSA) is 64.0 Å². The smallest absolute Gasteiger partial charge is 0.147 e. The number of aromatic nitrogens is 2. The Bertz CT molecular complexity index is 1080. The van der Waals surface area contributed by atoms with E-state index in [2.05, 4.69) is 48.9 Å². The Labute approximate surface area is 220 Å². The first-order valence-corrected chi connectivity index (χ1v) is 13.6. The Morgan fingerprint density at radius 3 is 2.22 bits per heavy atom. The van der Waals surface area contributed by atoms with E-state index < -0.39 is 0 Å². The predicted molar refractivity (Wildman–Crippen MR) is 147 cm³/mol. The zero-order chi connectivity index (χ0) is 25.5. The summed E-state index contributed by atoms with van der Waals surface area (Å²) < 4.78 is 19.6. The molecule has 2 aliphatic heterocycles. The van der Waals surface area contributed by atoms with E-state index in [1.54, 1.807) is 0 Å². The molecule has 0 bridgehead atoms. The molecular formula is C29H39N5O3. The van der Waals surface area contributed by atoms with Gasteiger partial charge < -0.3 is 29.0 Å². The monoisotopic (exact) mass is 505 g/mol. The van der Waals surface area contributed by atoms with Gasteiger partial charge in [0.05, 0.1) is 38.3 Å². The van der Waals surface area contributed by atoms with Crippen LogP contribution in [0.15, 0.2) is 55.0 Å². The highest BCUT2D eigenvalue weighted by Crippen LogP contribution is 2.35. The Morgan fingerprint density at radius 1 is 0.946 bits per heavy atom. The van der Waals surface area contributed by atoms with Crippen LogP contribution in [0, 0.1) is 0 Å². The lowest BCUT2D eigenvalue weighted by Crippen LogP contribution is -2.38. The summed E-state index contributed by atoms with van der Waals surface area (Å²) in [5.41, 5.74) is 3.28. The number of likely N-dealkylation sites (tertiary alicyclic amines) is 1. The third-order valence-electron chi connectivity index (χ3n) is 7.01. The second-order valence-corrected chi connectivity index (χ2v) is 9.60. The van der Waals surface area contributed by atoms with Gasteiger partial charge in [0.15, 0.2) is 0 Å². The van der Waals surface area contributed by atoms with Gasteiger partial charge in [-0.1, -0.05) is 0 Å². The summed E-state index contributed by atoms with van der Waals surface area (Å²) in [6.45, 7) is 11.6. The second-order valence-electron chi connectivity index (χ2n) is 9.60. The molecule has 4 heterocycles. The number of anilines is 2. The molecule has 198 valence electrons. The number of piperidine rings is 1. The molecule has 2 saturated heterocycles. The molecule has 2 aliphatic rings. The average Bonchev–Trinajstić information content (AvgIpc) is 3.46. The highest BCUT2D eigenvalue weighted by atomic mass is 16.5. The number of hydrogen-bond acceptors (Lipinski definition) is 7. The minimum atomic E-state index is 0.460. The molecule has 8 heteroatoms. The van der Waals surface area contributed by atoms with Crippen LogP contribution in [0.3, 0.4) is 0 Å². The Balaban J connectivity index is 1.19. The van der Waals surface area contributed by atoms with Crippen molar-refractivity contribution >= 4 is 11.5 Å². The molecule has 0 radical (unpaired) electrons. The highest BCUT2D eigenvalue weighted by molar-refractivity contribution is 5.59. The minimum absolute atomic E-state index is 0.460. The molecule has 0 aliphatic carbocycles. The summed E-state index contributed by atoms with van der Waals surface area (Å²) >= 11 is 0. The number of rotatable bonds is 10. The maximum Gasteiger partial charge on any atom is 0.147 e. The van der Waals surface area contributed by atoms with E-state index in [9.17, 15) is 0 Å². The first-order valence-electron chi connectivity index (χ1n) is 13.6. The molecule has 0 saturated carbocycles. The molecule has 3 aromatic rings. The van der Waals surface area contributed by atoms with Crippen LogP contribution in [0.1, 0.15) is 32.3 Å². The quantitative estimate of drug-likeness (QED) is 0.433. The summed E-state index contributed by atoms with van der Waals surface area (Å²) in [6.07, 6.45) is 8.23. The average molecular weight is 506 g/mol. The Morgan fingerprint density at radius 2 is 1.62 bits per heavy atom. The number of ether oxygens (including phenoxy) is 3. The fourth-order valence-corrected chi connectivity index (χ4v) is 5.18. The van der Waals surface area contributed by atoms with Gasteiger partial charge in [-0.15, -0.1) is 0 Å². The van der Waals surface area contributed by atoms with Gasteiger partial charge in [0.2, 0.25) is 0 Å². The maximum atomic E-state index is 6.06. The molecule has 0 amide bonds. The maximum absolute atomic E-state index is 6.06. The minimum Gasteiger partial charge on any atom is -0.492 e. The van der Waals surface area contributed by atoms with Crippen LogP contribution in [0.25, 0.3) is 5.69 Å². The van der Waals surface area contributed by atoms with E-state index in [4.69, 9.17) is 14.2 Å². The van der Waals surface area contributed by atoms with Gasteiger partial charge >= 0.3 is 0 Å². The molecule has 0 spiro atoms. The lowest BCUT2D eigenvalue weighted by molar-refractivity contribution is 0.122. The molecule has 37 heavy (non-hydrogen) atoms. The number of hydrogen-bond donors (Lipinski definition) is 1. The molecule has 2 fully saturated rings. The lowest BCUT2D eigenvalue weighted by Gasteiger charge is -2.33. The standard InChI is InChI=1S/C29H39N5O3/c1-3-36-26-19-23(20-27(37-4-2)29(26)34-11-5-6-12-34)22-32-13-9-24(10-14-32)31-25-7-8-28(30-21-25)33-15-17-35-18-16-33/h5-8,11-12,19-21,24,31H,3-4,9-10,13-18,22H2,1-2H3. The van der Waals surface area contributed by atoms with Crippen molar-refractivity contribution in [1.82, 2.24) is 14.5 Å². The largest absolute Gasteiger partial charge is 0.492 e. The van der Waals surface area contributed by atoms with E-state index in [-0.39, 0.29) is 0 Å². The lowest BCUT2D eigenvalue weighted by atomic mass is 10.0. The molecule has 2 aromatic heterocycles. The van der Waals surface area contributed by atoms with Crippen molar-refractivity contribution in [2.45, 2.75) is 39.3 Å². The SMILES string of the molecule is CCOc1cc(CN2CCC(Nc3ccc(N4CCOCC4)nc3)CC2)cc(OCC)c1-n1cccc1. The van der Waals surface area contributed by atoms with Crippen LogP contribution in [0.4, 0.5) is 11.5 Å². The van der Waals surface area contributed by atoms with Crippen molar-refractivity contribution in [3.05, 3.63) is 60.6 Å². The molecule has 0 unspecified atom stereocenters. The van der Waals surface area contributed by atoms with Crippen molar-refractivity contribution in [3.63, 3.8) is 0 Å².